The Balaban J connectivity index is 1.72. The second-order valence-corrected chi connectivity index (χ2v) is 9.43. The molecule has 0 amide bonds. The molecule has 0 radical (unpaired) electrons. The predicted octanol–water partition coefficient (Wildman–Crippen LogP) is 7.45. The maximum Gasteiger partial charge on any atom is 0.329 e. The molecule has 0 spiro atoms. The quantitative estimate of drug-likeness (QED) is 0.270. The molecule has 0 saturated carbocycles. The molecule has 0 bridgehead atoms. The summed E-state index contributed by atoms with van der Waals surface area (Å²) in [4.78, 5) is 18.2. The highest BCUT2D eigenvalue weighted by Gasteiger charge is 2.13. The molecule has 0 aliphatic heterocycles. The summed E-state index contributed by atoms with van der Waals surface area (Å²) >= 11 is 0. The van der Waals surface area contributed by atoms with Crippen LogP contribution >= 0.6 is 7.60 Å². The molecule has 0 unspecified atom stereocenters. The van der Waals surface area contributed by atoms with E-state index in [4.69, 9.17) is 9.79 Å². The van der Waals surface area contributed by atoms with E-state index in [1.54, 1.807) is 6.07 Å². The zero-order valence-corrected chi connectivity index (χ0v) is 18.0. The van der Waals surface area contributed by atoms with Gasteiger partial charge in [-0.25, -0.2) is 0 Å². The van der Waals surface area contributed by atoms with Crippen molar-refractivity contribution in [3.63, 3.8) is 0 Å². The zero-order valence-electron chi connectivity index (χ0n) is 17.1. The molecular weight excluding hydrogens is 367 g/mol. The molecule has 4 heteroatoms. The maximum absolute atomic E-state index is 11.2. The Morgan fingerprint density at radius 3 is 2.11 bits per heavy atom. The SMILES string of the molecule is CCCCCCCCCCCC=Cc1ccc2cc(CP(=O)(O)O)ccc2c1. The zero-order chi connectivity index (χ0) is 20.2. The first kappa shape index (κ1) is 22.9. The molecule has 2 N–H and O–H groups in total. The molecule has 0 heterocycles. The van der Waals surface area contributed by atoms with Gasteiger partial charge >= 0.3 is 7.60 Å². The lowest BCUT2D eigenvalue weighted by Crippen LogP contribution is -1.87. The fourth-order valence-electron chi connectivity index (χ4n) is 3.55. The standard InChI is InChI=1S/C24H35O3P/c1-2-3-4-5-6-7-8-9-10-11-12-13-21-14-16-24-19-22(20-28(25,26)27)15-17-23(24)18-21/h12-19H,2-11,20H2,1H3,(H2,25,26,27). The lowest BCUT2D eigenvalue weighted by Gasteiger charge is -2.06. The van der Waals surface area contributed by atoms with Gasteiger partial charge < -0.3 is 9.79 Å². The molecule has 0 fully saturated rings. The summed E-state index contributed by atoms with van der Waals surface area (Å²) in [7, 11) is -4.02. The number of hydrogen-bond acceptors (Lipinski definition) is 1. The van der Waals surface area contributed by atoms with Crippen molar-refractivity contribution < 1.29 is 14.4 Å². The van der Waals surface area contributed by atoms with Gasteiger partial charge in [-0.15, -0.1) is 0 Å². The summed E-state index contributed by atoms with van der Waals surface area (Å²) in [5.41, 5.74) is 1.85. The molecule has 0 aliphatic carbocycles. The fourth-order valence-corrected chi connectivity index (χ4v) is 4.22. The van der Waals surface area contributed by atoms with Crippen LogP contribution in [0, 0.1) is 0 Å². The molecule has 154 valence electrons. The summed E-state index contributed by atoms with van der Waals surface area (Å²) in [6, 6.07) is 11.8. The van der Waals surface area contributed by atoms with Crippen LogP contribution in [0.3, 0.4) is 0 Å². The number of fused-ring (bicyclic) bond motifs is 1. The summed E-state index contributed by atoms with van der Waals surface area (Å²) < 4.78 is 11.2. The molecule has 3 nitrogen and oxygen atoms in total. The lowest BCUT2D eigenvalue weighted by molar-refractivity contribution is 0.372. The first-order valence-electron chi connectivity index (χ1n) is 10.7. The van der Waals surface area contributed by atoms with E-state index in [2.05, 4.69) is 31.2 Å². The third-order valence-electron chi connectivity index (χ3n) is 5.10. The van der Waals surface area contributed by atoms with E-state index in [0.29, 0.717) is 5.56 Å². The van der Waals surface area contributed by atoms with E-state index >= 15 is 0 Å². The van der Waals surface area contributed by atoms with Crippen molar-refractivity contribution in [1.82, 2.24) is 0 Å². The minimum absolute atomic E-state index is 0.205. The first-order valence-corrected chi connectivity index (χ1v) is 12.5. The largest absolute Gasteiger partial charge is 0.329 e. The van der Waals surface area contributed by atoms with Crippen LogP contribution in [-0.2, 0) is 10.7 Å². The number of benzene rings is 2. The van der Waals surface area contributed by atoms with Gasteiger partial charge in [-0.05, 0) is 40.8 Å². The highest BCUT2D eigenvalue weighted by Crippen LogP contribution is 2.39. The van der Waals surface area contributed by atoms with Gasteiger partial charge in [-0.2, -0.15) is 0 Å². The Bertz CT molecular complexity index is 792. The van der Waals surface area contributed by atoms with Crippen LogP contribution in [0.25, 0.3) is 16.8 Å². The van der Waals surface area contributed by atoms with Crippen LogP contribution in [0.1, 0.15) is 82.3 Å². The minimum Gasteiger partial charge on any atom is -0.324 e. The van der Waals surface area contributed by atoms with Crippen molar-refractivity contribution in [3.05, 3.63) is 53.6 Å². The van der Waals surface area contributed by atoms with Crippen molar-refractivity contribution in [2.24, 2.45) is 0 Å². The van der Waals surface area contributed by atoms with Gasteiger partial charge in [0, 0.05) is 0 Å². The molecule has 2 rings (SSSR count). The van der Waals surface area contributed by atoms with Crippen molar-refractivity contribution in [2.45, 2.75) is 77.3 Å². The van der Waals surface area contributed by atoms with Crippen LogP contribution in [0.4, 0.5) is 0 Å². The highest BCUT2D eigenvalue weighted by atomic mass is 31.2. The summed E-state index contributed by atoms with van der Waals surface area (Å²) in [5, 5.41) is 2.11. The second-order valence-electron chi connectivity index (χ2n) is 7.78. The molecule has 0 aliphatic rings. The third kappa shape index (κ3) is 9.19. The molecule has 0 atom stereocenters. The number of allylic oxidation sites excluding steroid dienone is 1. The molecule has 2 aromatic carbocycles. The van der Waals surface area contributed by atoms with E-state index < -0.39 is 7.60 Å². The van der Waals surface area contributed by atoms with Gasteiger partial charge in [0.05, 0.1) is 6.16 Å². The highest BCUT2D eigenvalue weighted by molar-refractivity contribution is 7.50. The van der Waals surface area contributed by atoms with E-state index in [9.17, 15) is 4.57 Å². The van der Waals surface area contributed by atoms with Crippen LogP contribution < -0.4 is 0 Å². The van der Waals surface area contributed by atoms with Gasteiger partial charge in [0.1, 0.15) is 0 Å². The number of unbranched alkanes of at least 4 members (excludes halogenated alkanes) is 9. The Morgan fingerprint density at radius 1 is 0.821 bits per heavy atom. The van der Waals surface area contributed by atoms with Crippen molar-refractivity contribution >= 4 is 24.4 Å². The molecule has 0 aromatic heterocycles. The van der Waals surface area contributed by atoms with Gasteiger partial charge in [-0.3, -0.25) is 4.57 Å². The summed E-state index contributed by atoms with van der Waals surface area (Å²) in [6.07, 6.45) is 17.5. The number of hydrogen-bond donors (Lipinski definition) is 2. The Morgan fingerprint density at radius 2 is 1.43 bits per heavy atom. The van der Waals surface area contributed by atoms with Gasteiger partial charge in [0.25, 0.3) is 0 Å². The van der Waals surface area contributed by atoms with Crippen molar-refractivity contribution in [2.75, 3.05) is 0 Å². The topological polar surface area (TPSA) is 57.5 Å². The van der Waals surface area contributed by atoms with Crippen LogP contribution in [0.2, 0.25) is 0 Å². The second kappa shape index (κ2) is 12.2. The van der Waals surface area contributed by atoms with Gasteiger partial charge in [-0.1, -0.05) is 101 Å². The fraction of sp³-hybridized carbons (Fsp3) is 0.500. The van der Waals surface area contributed by atoms with Crippen LogP contribution in [0.15, 0.2) is 42.5 Å². The van der Waals surface area contributed by atoms with E-state index in [0.717, 1.165) is 17.2 Å². The molecule has 2 aromatic rings. The number of rotatable bonds is 13. The third-order valence-corrected chi connectivity index (χ3v) is 5.88. The van der Waals surface area contributed by atoms with Crippen LogP contribution in [-0.4, -0.2) is 9.79 Å². The predicted molar refractivity (Wildman–Crippen MR) is 121 cm³/mol. The molecule has 28 heavy (non-hydrogen) atoms. The Hall–Kier alpha value is -1.41. The lowest BCUT2D eigenvalue weighted by atomic mass is 10.0. The van der Waals surface area contributed by atoms with Gasteiger partial charge in [0.2, 0.25) is 0 Å². The van der Waals surface area contributed by atoms with E-state index in [1.807, 2.05) is 18.2 Å². The van der Waals surface area contributed by atoms with E-state index in [-0.39, 0.29) is 6.16 Å². The summed E-state index contributed by atoms with van der Waals surface area (Å²) in [6.45, 7) is 2.26. The normalized spacial score (nSPS) is 12.2. The first-order chi connectivity index (χ1) is 13.5. The van der Waals surface area contributed by atoms with Crippen molar-refractivity contribution in [3.8, 4) is 0 Å². The average molecular weight is 403 g/mol. The Labute approximate surface area is 170 Å². The molecule has 0 saturated heterocycles. The smallest absolute Gasteiger partial charge is 0.324 e. The van der Waals surface area contributed by atoms with Gasteiger partial charge in [0.15, 0.2) is 0 Å². The monoisotopic (exact) mass is 402 g/mol. The summed E-state index contributed by atoms with van der Waals surface area (Å²) in [5.74, 6) is 0. The van der Waals surface area contributed by atoms with E-state index in [1.165, 1.54) is 63.4 Å². The Kier molecular flexibility index (Phi) is 9.98. The maximum atomic E-state index is 11.2. The van der Waals surface area contributed by atoms with Crippen LogP contribution in [0.5, 0.6) is 0 Å². The van der Waals surface area contributed by atoms with Crippen molar-refractivity contribution in [1.29, 1.82) is 0 Å². The molecular formula is C24H35O3P. The average Bonchev–Trinajstić information content (AvgIpc) is 2.65. The minimum atomic E-state index is -4.02.